The van der Waals surface area contributed by atoms with Gasteiger partial charge in [0.05, 0.1) is 5.60 Å². The van der Waals surface area contributed by atoms with E-state index in [1.165, 1.54) is 38.5 Å². The molecule has 28 heavy (non-hydrogen) atoms. The molecule has 3 N–H and O–H groups in total. The minimum atomic E-state index is -0.515. The van der Waals surface area contributed by atoms with Crippen molar-refractivity contribution in [3.05, 3.63) is 0 Å². The summed E-state index contributed by atoms with van der Waals surface area (Å²) in [6.45, 7) is 3.29. The molecule has 3 aliphatic carbocycles. The molecule has 3 aliphatic rings. The van der Waals surface area contributed by atoms with Crippen molar-refractivity contribution < 1.29 is 9.94 Å². The van der Waals surface area contributed by atoms with Gasteiger partial charge in [0.1, 0.15) is 0 Å². The maximum atomic E-state index is 11.6. The Hall–Kier alpha value is -0.650. The van der Waals surface area contributed by atoms with E-state index in [1.54, 1.807) is 0 Å². The summed E-state index contributed by atoms with van der Waals surface area (Å²) >= 11 is 0. The second kappa shape index (κ2) is 9.90. The van der Waals surface area contributed by atoms with E-state index in [9.17, 15) is 5.11 Å². The van der Waals surface area contributed by atoms with E-state index in [0.717, 1.165) is 56.9 Å². The van der Waals surface area contributed by atoms with Crippen molar-refractivity contribution in [2.24, 2.45) is 28.3 Å². The van der Waals surface area contributed by atoms with Crippen molar-refractivity contribution in [2.75, 3.05) is 20.6 Å². The third-order valence-corrected chi connectivity index (χ3v) is 8.35. The molecule has 0 amide bonds. The normalized spacial score (nSPS) is 37.9. The number of nitrogens with one attached hydrogen (secondary N) is 2. The summed E-state index contributed by atoms with van der Waals surface area (Å²) in [5, 5.41) is 22.3. The van der Waals surface area contributed by atoms with Gasteiger partial charge in [0, 0.05) is 24.0 Å². The molecule has 0 aromatic rings. The van der Waals surface area contributed by atoms with Crippen molar-refractivity contribution in [3.8, 4) is 0 Å². The van der Waals surface area contributed by atoms with Crippen LogP contribution in [0.15, 0.2) is 5.16 Å². The lowest BCUT2D eigenvalue weighted by Crippen LogP contribution is -2.51. The van der Waals surface area contributed by atoms with E-state index < -0.39 is 5.60 Å². The van der Waals surface area contributed by atoms with Crippen LogP contribution in [0.2, 0.25) is 0 Å². The number of oxime groups is 1. The van der Waals surface area contributed by atoms with Crippen LogP contribution < -0.4 is 10.6 Å². The van der Waals surface area contributed by atoms with Gasteiger partial charge in [-0.3, -0.25) is 5.32 Å². The van der Waals surface area contributed by atoms with Gasteiger partial charge >= 0.3 is 0 Å². The molecule has 162 valence electrons. The first kappa shape index (κ1) is 22.0. The Morgan fingerprint density at radius 3 is 2.61 bits per heavy atom. The van der Waals surface area contributed by atoms with E-state index in [2.05, 4.69) is 22.7 Å². The van der Waals surface area contributed by atoms with Gasteiger partial charge in [0.25, 0.3) is 0 Å². The molecule has 5 atom stereocenters. The molecule has 3 saturated carbocycles. The first-order valence-electron chi connectivity index (χ1n) is 11.8. The molecule has 1 unspecified atom stereocenters. The van der Waals surface area contributed by atoms with E-state index in [0.29, 0.717) is 5.92 Å². The highest BCUT2D eigenvalue weighted by atomic mass is 16.6. The molecule has 0 aromatic carbocycles. The van der Waals surface area contributed by atoms with Crippen LogP contribution in [0.1, 0.15) is 84.0 Å². The monoisotopic (exact) mass is 393 g/mol. The fraction of sp³-hybridized carbons (Fsp3) is 0.957. The van der Waals surface area contributed by atoms with Crippen LogP contribution in [-0.2, 0) is 4.84 Å². The van der Waals surface area contributed by atoms with Gasteiger partial charge in [-0.15, -0.1) is 0 Å². The SMILES string of the molecule is CNCCCC(NC)ON=C[C@H]1CC[C@]2(O)C[C@@H](C3CCCCC3)CC[C@]12C. The first-order valence-corrected chi connectivity index (χ1v) is 11.8. The summed E-state index contributed by atoms with van der Waals surface area (Å²) in [5.74, 6) is 1.90. The lowest BCUT2D eigenvalue weighted by molar-refractivity contribution is -0.115. The molecule has 3 fully saturated rings. The molecule has 0 spiro atoms. The van der Waals surface area contributed by atoms with Gasteiger partial charge in [-0.1, -0.05) is 44.2 Å². The molecule has 5 nitrogen and oxygen atoms in total. The Labute approximate surface area is 172 Å². The summed E-state index contributed by atoms with van der Waals surface area (Å²) in [5.41, 5.74) is -0.564. The van der Waals surface area contributed by atoms with Crippen LogP contribution in [0.5, 0.6) is 0 Å². The molecular weight excluding hydrogens is 350 g/mol. The lowest BCUT2D eigenvalue weighted by Gasteiger charge is -2.50. The largest absolute Gasteiger partial charge is 0.389 e. The van der Waals surface area contributed by atoms with Crippen molar-refractivity contribution in [1.29, 1.82) is 0 Å². The number of nitrogens with zero attached hydrogens (tertiary/aromatic N) is 1. The van der Waals surface area contributed by atoms with Gasteiger partial charge in [-0.2, -0.15) is 0 Å². The summed E-state index contributed by atoms with van der Waals surface area (Å²) in [6.07, 6.45) is 16.3. The smallest absolute Gasteiger partial charge is 0.178 e. The first-order chi connectivity index (χ1) is 13.5. The average molecular weight is 394 g/mol. The van der Waals surface area contributed by atoms with Gasteiger partial charge in [-0.25, -0.2) is 0 Å². The highest BCUT2D eigenvalue weighted by Crippen LogP contribution is 2.60. The second-order valence-electron chi connectivity index (χ2n) is 9.88. The van der Waals surface area contributed by atoms with Crippen LogP contribution in [-0.4, -0.2) is 43.8 Å². The van der Waals surface area contributed by atoms with Crippen LogP contribution in [0.25, 0.3) is 0 Å². The van der Waals surface area contributed by atoms with E-state index in [1.807, 2.05) is 20.3 Å². The van der Waals surface area contributed by atoms with Crippen molar-refractivity contribution in [2.45, 2.75) is 95.8 Å². The molecule has 0 aliphatic heterocycles. The number of hydrogen-bond donors (Lipinski definition) is 3. The Morgan fingerprint density at radius 1 is 1.11 bits per heavy atom. The molecule has 0 radical (unpaired) electrons. The van der Waals surface area contributed by atoms with Crippen LogP contribution in [0.4, 0.5) is 0 Å². The van der Waals surface area contributed by atoms with E-state index >= 15 is 0 Å². The number of fused-ring (bicyclic) bond motifs is 1. The number of rotatable bonds is 9. The maximum absolute atomic E-state index is 11.6. The van der Waals surface area contributed by atoms with E-state index in [-0.39, 0.29) is 11.6 Å². The molecule has 0 bridgehead atoms. The predicted octanol–water partition coefficient (Wildman–Crippen LogP) is 4.06. The van der Waals surface area contributed by atoms with Crippen LogP contribution in [0.3, 0.4) is 0 Å². The lowest BCUT2D eigenvalue weighted by atomic mass is 9.57. The highest BCUT2D eigenvalue weighted by Gasteiger charge is 2.59. The summed E-state index contributed by atoms with van der Waals surface area (Å²) in [4.78, 5) is 5.72. The Kier molecular flexibility index (Phi) is 7.80. The minimum absolute atomic E-state index is 0.0419. The van der Waals surface area contributed by atoms with Crippen LogP contribution >= 0.6 is 0 Å². The average Bonchev–Trinajstić information content (AvgIpc) is 2.98. The zero-order valence-corrected chi connectivity index (χ0v) is 18.4. The zero-order chi connectivity index (χ0) is 20.0. The molecule has 5 heteroatoms. The Balaban J connectivity index is 1.55. The quantitative estimate of drug-likeness (QED) is 0.239. The summed E-state index contributed by atoms with van der Waals surface area (Å²) in [7, 11) is 3.89. The van der Waals surface area contributed by atoms with E-state index in [4.69, 9.17) is 4.84 Å². The fourth-order valence-electron chi connectivity index (χ4n) is 6.26. The topological polar surface area (TPSA) is 65.9 Å². The van der Waals surface area contributed by atoms with Crippen molar-refractivity contribution in [1.82, 2.24) is 10.6 Å². The standard InChI is InChI=1S/C23H43N3O2/c1-22-13-11-19(18-8-5-4-6-9-18)16-23(22,27)14-12-20(22)17-26-28-21(25-3)10-7-15-24-2/h17-21,24-25,27H,4-16H2,1-3H3/t19-,20+,21?,22+,23-/m0/s1. The number of hydrogen-bond acceptors (Lipinski definition) is 5. The molecule has 3 rings (SSSR count). The second-order valence-corrected chi connectivity index (χ2v) is 9.88. The number of aliphatic hydroxyl groups is 1. The highest BCUT2D eigenvalue weighted by molar-refractivity contribution is 5.62. The zero-order valence-electron chi connectivity index (χ0n) is 18.4. The van der Waals surface area contributed by atoms with Crippen molar-refractivity contribution >= 4 is 6.21 Å². The fourth-order valence-corrected chi connectivity index (χ4v) is 6.26. The predicted molar refractivity (Wildman–Crippen MR) is 115 cm³/mol. The van der Waals surface area contributed by atoms with Gasteiger partial charge < -0.3 is 15.3 Å². The third kappa shape index (κ3) is 4.73. The van der Waals surface area contributed by atoms with Gasteiger partial charge in [0.15, 0.2) is 6.23 Å². The van der Waals surface area contributed by atoms with Gasteiger partial charge in [0.2, 0.25) is 0 Å². The summed E-state index contributed by atoms with van der Waals surface area (Å²) < 4.78 is 0. The minimum Gasteiger partial charge on any atom is -0.389 e. The van der Waals surface area contributed by atoms with Crippen molar-refractivity contribution in [3.63, 3.8) is 0 Å². The Bertz CT molecular complexity index is 508. The molecule has 0 aromatic heterocycles. The Morgan fingerprint density at radius 2 is 1.89 bits per heavy atom. The summed E-state index contributed by atoms with van der Waals surface area (Å²) in [6, 6.07) is 0. The van der Waals surface area contributed by atoms with Crippen LogP contribution in [0, 0.1) is 23.2 Å². The maximum Gasteiger partial charge on any atom is 0.178 e. The third-order valence-electron chi connectivity index (χ3n) is 8.35. The molecular formula is C23H43N3O2. The van der Waals surface area contributed by atoms with Gasteiger partial charge in [-0.05, 0) is 71.0 Å². The molecule has 0 saturated heterocycles. The molecule has 0 heterocycles.